The van der Waals surface area contributed by atoms with Gasteiger partial charge in [-0.3, -0.25) is 0 Å². The van der Waals surface area contributed by atoms with Crippen molar-refractivity contribution in [2.45, 2.75) is 4.90 Å². The van der Waals surface area contributed by atoms with Crippen molar-refractivity contribution in [3.8, 4) is 17.6 Å². The fraction of sp³-hybridized carbons (Fsp3) is 0.0714. The van der Waals surface area contributed by atoms with Gasteiger partial charge in [-0.25, -0.2) is 4.39 Å². The van der Waals surface area contributed by atoms with E-state index in [9.17, 15) is 4.39 Å². The lowest BCUT2D eigenvalue weighted by molar-refractivity contribution is 0.474. The van der Waals surface area contributed by atoms with Gasteiger partial charge < -0.3 is 4.74 Å². The lowest BCUT2D eigenvalue weighted by Crippen LogP contribution is -1.90. The van der Waals surface area contributed by atoms with Gasteiger partial charge in [0.05, 0.1) is 0 Å². The first-order chi connectivity index (χ1) is 8.74. The molecule has 0 radical (unpaired) electrons. The summed E-state index contributed by atoms with van der Waals surface area (Å²) >= 11 is 1.47. The van der Waals surface area contributed by atoms with Crippen LogP contribution in [-0.4, -0.2) is 6.26 Å². The Morgan fingerprint density at radius 3 is 2.67 bits per heavy atom. The molecule has 0 fully saturated rings. The topological polar surface area (TPSA) is 33.0 Å². The zero-order valence-corrected chi connectivity index (χ0v) is 10.5. The van der Waals surface area contributed by atoms with Crippen LogP contribution in [0.5, 0.6) is 11.5 Å². The number of rotatable bonds is 3. The van der Waals surface area contributed by atoms with Gasteiger partial charge in [0.25, 0.3) is 0 Å². The predicted octanol–water partition coefficient (Wildman–Crippen LogP) is 4.21. The third kappa shape index (κ3) is 2.63. The van der Waals surface area contributed by atoms with Gasteiger partial charge in [0.2, 0.25) is 0 Å². The van der Waals surface area contributed by atoms with Crippen molar-refractivity contribution in [2.75, 3.05) is 6.26 Å². The molecule has 4 heteroatoms. The number of hydrogen-bond donors (Lipinski definition) is 0. The molecule has 0 saturated heterocycles. The Balaban J connectivity index is 2.38. The van der Waals surface area contributed by atoms with Crippen LogP contribution >= 0.6 is 11.8 Å². The molecule has 2 aromatic carbocycles. The van der Waals surface area contributed by atoms with Gasteiger partial charge >= 0.3 is 0 Å². The lowest BCUT2D eigenvalue weighted by atomic mass is 10.2. The monoisotopic (exact) mass is 259 g/mol. The van der Waals surface area contributed by atoms with Crippen molar-refractivity contribution in [3.05, 3.63) is 53.8 Å². The van der Waals surface area contributed by atoms with Crippen LogP contribution in [0.1, 0.15) is 5.56 Å². The number of hydrogen-bond acceptors (Lipinski definition) is 3. The maximum absolute atomic E-state index is 13.0. The average molecular weight is 259 g/mol. The summed E-state index contributed by atoms with van der Waals surface area (Å²) in [5.74, 6) is 0.451. The van der Waals surface area contributed by atoms with E-state index in [1.165, 1.54) is 23.9 Å². The minimum Gasteiger partial charge on any atom is -0.456 e. The summed E-state index contributed by atoms with van der Waals surface area (Å²) in [4.78, 5) is 0.839. The molecule has 0 aliphatic carbocycles. The first-order valence-corrected chi connectivity index (χ1v) is 6.47. The summed E-state index contributed by atoms with van der Waals surface area (Å²) in [5, 5.41) is 9.15. The Labute approximate surface area is 109 Å². The van der Waals surface area contributed by atoms with E-state index in [0.717, 1.165) is 4.90 Å². The second-order valence-electron chi connectivity index (χ2n) is 3.50. The van der Waals surface area contributed by atoms with Crippen molar-refractivity contribution in [1.29, 1.82) is 5.26 Å². The number of benzene rings is 2. The van der Waals surface area contributed by atoms with Crippen LogP contribution in [0.2, 0.25) is 0 Å². The van der Waals surface area contributed by atoms with Gasteiger partial charge in [0.15, 0.2) is 0 Å². The van der Waals surface area contributed by atoms with Gasteiger partial charge in [-0.05, 0) is 30.5 Å². The zero-order valence-electron chi connectivity index (χ0n) is 9.68. The summed E-state index contributed by atoms with van der Waals surface area (Å²) < 4.78 is 18.6. The molecule has 0 aliphatic heterocycles. The van der Waals surface area contributed by atoms with Gasteiger partial charge in [0.1, 0.15) is 28.9 Å². The fourth-order valence-electron chi connectivity index (χ4n) is 1.53. The minimum absolute atomic E-state index is 0.368. The summed E-state index contributed by atoms with van der Waals surface area (Å²) in [6, 6.07) is 13.3. The van der Waals surface area contributed by atoms with E-state index < -0.39 is 0 Å². The van der Waals surface area contributed by atoms with E-state index in [2.05, 4.69) is 6.07 Å². The molecule has 0 aromatic heterocycles. The Bertz CT molecular complexity index is 607. The van der Waals surface area contributed by atoms with Crippen molar-refractivity contribution >= 4 is 11.8 Å². The molecule has 0 amide bonds. The molecule has 0 N–H and O–H groups in total. The third-order valence-electron chi connectivity index (χ3n) is 2.34. The molecule has 2 nitrogen and oxygen atoms in total. The highest BCUT2D eigenvalue weighted by Gasteiger charge is 2.09. The van der Waals surface area contributed by atoms with E-state index in [4.69, 9.17) is 10.00 Å². The number of ether oxygens (including phenoxy) is 1. The largest absolute Gasteiger partial charge is 0.456 e. The lowest BCUT2D eigenvalue weighted by Gasteiger charge is -2.09. The van der Waals surface area contributed by atoms with E-state index in [1.807, 2.05) is 12.3 Å². The Morgan fingerprint density at radius 1 is 1.22 bits per heavy atom. The molecule has 0 spiro atoms. The zero-order chi connectivity index (χ0) is 13.0. The Kier molecular flexibility index (Phi) is 3.85. The molecule has 90 valence electrons. The SMILES string of the molecule is CSc1cccc(Oc2cccc(F)c2)c1C#N. The van der Waals surface area contributed by atoms with Gasteiger partial charge in [-0.15, -0.1) is 11.8 Å². The molecular weight excluding hydrogens is 249 g/mol. The van der Waals surface area contributed by atoms with E-state index in [1.54, 1.807) is 24.3 Å². The molecule has 2 rings (SSSR count). The van der Waals surface area contributed by atoms with Gasteiger partial charge in [-0.1, -0.05) is 12.1 Å². The van der Waals surface area contributed by atoms with Gasteiger partial charge in [0, 0.05) is 11.0 Å². The van der Waals surface area contributed by atoms with Crippen molar-refractivity contribution in [3.63, 3.8) is 0 Å². The molecule has 0 heterocycles. The van der Waals surface area contributed by atoms with Crippen LogP contribution in [-0.2, 0) is 0 Å². The summed E-state index contributed by atoms with van der Waals surface area (Å²) in [5.41, 5.74) is 0.467. The summed E-state index contributed by atoms with van der Waals surface area (Å²) in [6.45, 7) is 0. The molecule has 0 saturated carbocycles. The third-order valence-corrected chi connectivity index (χ3v) is 3.12. The molecule has 18 heavy (non-hydrogen) atoms. The van der Waals surface area contributed by atoms with Crippen LogP contribution in [0.25, 0.3) is 0 Å². The minimum atomic E-state index is -0.368. The summed E-state index contributed by atoms with van der Waals surface area (Å²) in [6.07, 6.45) is 1.89. The molecule has 0 aliphatic rings. The Morgan fingerprint density at radius 2 is 2.00 bits per heavy atom. The van der Waals surface area contributed by atoms with E-state index >= 15 is 0 Å². The van der Waals surface area contributed by atoms with Crippen LogP contribution in [0.4, 0.5) is 4.39 Å². The van der Waals surface area contributed by atoms with Crippen molar-refractivity contribution < 1.29 is 9.13 Å². The van der Waals surface area contributed by atoms with E-state index in [-0.39, 0.29) is 5.82 Å². The Hall–Kier alpha value is -1.99. The van der Waals surface area contributed by atoms with Crippen molar-refractivity contribution in [1.82, 2.24) is 0 Å². The second-order valence-corrected chi connectivity index (χ2v) is 4.35. The second kappa shape index (κ2) is 5.56. The molecule has 2 aromatic rings. The molecule has 0 atom stereocenters. The highest BCUT2D eigenvalue weighted by molar-refractivity contribution is 7.98. The van der Waals surface area contributed by atoms with Crippen LogP contribution in [0.15, 0.2) is 47.4 Å². The first kappa shape index (κ1) is 12.5. The number of nitrogens with zero attached hydrogens (tertiary/aromatic N) is 1. The number of thioether (sulfide) groups is 1. The van der Waals surface area contributed by atoms with Crippen molar-refractivity contribution in [2.24, 2.45) is 0 Å². The van der Waals surface area contributed by atoms with Crippen LogP contribution < -0.4 is 4.74 Å². The number of halogens is 1. The fourth-order valence-corrected chi connectivity index (χ4v) is 2.10. The maximum Gasteiger partial charge on any atom is 0.146 e. The molecule has 0 bridgehead atoms. The first-order valence-electron chi connectivity index (χ1n) is 5.25. The predicted molar refractivity (Wildman–Crippen MR) is 69.4 cm³/mol. The van der Waals surface area contributed by atoms with Gasteiger partial charge in [-0.2, -0.15) is 5.26 Å². The quantitative estimate of drug-likeness (QED) is 0.774. The van der Waals surface area contributed by atoms with Crippen LogP contribution in [0, 0.1) is 17.1 Å². The average Bonchev–Trinajstić information content (AvgIpc) is 2.38. The molecular formula is C14H10FNOS. The maximum atomic E-state index is 13.0. The molecule has 0 unspecified atom stereocenters. The van der Waals surface area contributed by atoms with Crippen LogP contribution in [0.3, 0.4) is 0 Å². The normalized spacial score (nSPS) is 9.83. The van der Waals surface area contributed by atoms with E-state index in [0.29, 0.717) is 17.1 Å². The standard InChI is InChI=1S/C14H10FNOS/c1-18-14-7-3-6-13(12(14)9-16)17-11-5-2-4-10(15)8-11/h2-8H,1H3. The highest BCUT2D eigenvalue weighted by atomic mass is 32.2. The summed E-state index contributed by atoms with van der Waals surface area (Å²) in [7, 11) is 0. The highest BCUT2D eigenvalue weighted by Crippen LogP contribution is 2.31. The number of nitriles is 1. The smallest absolute Gasteiger partial charge is 0.146 e.